The van der Waals surface area contributed by atoms with Crippen LogP contribution >= 0.6 is 15.9 Å². The van der Waals surface area contributed by atoms with Gasteiger partial charge in [-0.05, 0) is 77.9 Å². The van der Waals surface area contributed by atoms with E-state index in [9.17, 15) is 0 Å². The number of halogens is 1. The van der Waals surface area contributed by atoms with E-state index in [1.165, 1.54) is 31.4 Å². The van der Waals surface area contributed by atoms with Crippen molar-refractivity contribution in [1.82, 2.24) is 4.98 Å². The fourth-order valence-electron chi connectivity index (χ4n) is 3.20. The first kappa shape index (κ1) is 15.8. The van der Waals surface area contributed by atoms with E-state index in [1.54, 1.807) is 0 Å². The van der Waals surface area contributed by atoms with Crippen LogP contribution in [-0.2, 0) is 0 Å². The number of rotatable bonds is 3. The molecule has 1 aliphatic rings. The molecule has 0 atom stereocenters. The summed E-state index contributed by atoms with van der Waals surface area (Å²) in [5.41, 5.74) is 2.72. The molecule has 0 spiro atoms. The van der Waals surface area contributed by atoms with E-state index in [4.69, 9.17) is 0 Å². The molecule has 1 saturated carbocycles. The van der Waals surface area contributed by atoms with Gasteiger partial charge in [0, 0.05) is 6.54 Å². The minimum absolute atomic E-state index is 0.477. The van der Waals surface area contributed by atoms with Crippen molar-refractivity contribution in [2.45, 2.75) is 53.4 Å². The third-order valence-electron chi connectivity index (χ3n) is 4.70. The van der Waals surface area contributed by atoms with Crippen LogP contribution in [0.1, 0.15) is 52.1 Å². The van der Waals surface area contributed by atoms with Crippen LogP contribution in [0.15, 0.2) is 16.7 Å². The molecule has 0 aliphatic heterocycles. The summed E-state index contributed by atoms with van der Waals surface area (Å²) in [5.74, 6) is 1.71. The van der Waals surface area contributed by atoms with Gasteiger partial charge in [-0.25, -0.2) is 4.98 Å². The van der Waals surface area contributed by atoms with Gasteiger partial charge in [0.15, 0.2) is 0 Å². The van der Waals surface area contributed by atoms with Crippen LogP contribution in [0.3, 0.4) is 0 Å². The molecule has 1 aliphatic carbocycles. The zero-order valence-corrected chi connectivity index (χ0v) is 14.8. The maximum Gasteiger partial charge on any atom is 0.106 e. The molecule has 1 heterocycles. The Balaban J connectivity index is 1.82. The van der Waals surface area contributed by atoms with Gasteiger partial charge in [0.2, 0.25) is 0 Å². The summed E-state index contributed by atoms with van der Waals surface area (Å²) >= 11 is 3.41. The molecule has 0 saturated heterocycles. The lowest BCUT2D eigenvalue weighted by Crippen LogP contribution is -2.28. The fraction of sp³-hybridized carbons (Fsp3) is 0.706. The number of hydrogen-bond donors (Lipinski definition) is 1. The molecule has 1 N–H and O–H groups in total. The predicted octanol–water partition coefficient (Wildman–Crippen LogP) is 5.42. The minimum Gasteiger partial charge on any atom is -0.383 e. The van der Waals surface area contributed by atoms with Crippen LogP contribution in [0, 0.1) is 24.2 Å². The second kappa shape index (κ2) is 6.46. The first-order chi connectivity index (χ1) is 9.36. The van der Waals surface area contributed by atoms with Crippen molar-refractivity contribution in [1.29, 1.82) is 0 Å². The van der Waals surface area contributed by atoms with Crippen LogP contribution < -0.4 is 5.32 Å². The Bertz CT molecular complexity index is 443. The largest absolute Gasteiger partial charge is 0.383 e. The lowest BCUT2D eigenvalue weighted by Gasteiger charge is -2.37. The Morgan fingerprint density at radius 3 is 2.40 bits per heavy atom. The molecular weight excluding hydrogens is 312 g/mol. The smallest absolute Gasteiger partial charge is 0.106 e. The first-order valence-electron chi connectivity index (χ1n) is 7.73. The molecule has 1 aromatic heterocycles. The Morgan fingerprint density at radius 2 is 1.85 bits per heavy atom. The Hall–Kier alpha value is -0.570. The van der Waals surface area contributed by atoms with Gasteiger partial charge in [-0.1, -0.05) is 20.8 Å². The third-order valence-corrected chi connectivity index (χ3v) is 5.15. The molecule has 20 heavy (non-hydrogen) atoms. The number of aromatic nitrogens is 1. The van der Waals surface area contributed by atoms with E-state index in [0.717, 1.165) is 28.7 Å². The van der Waals surface area contributed by atoms with Crippen molar-refractivity contribution >= 4 is 21.6 Å². The van der Waals surface area contributed by atoms with E-state index in [-0.39, 0.29) is 0 Å². The summed E-state index contributed by atoms with van der Waals surface area (Å²) < 4.78 is 0.909. The second-order valence-electron chi connectivity index (χ2n) is 7.23. The highest BCUT2D eigenvalue weighted by Gasteiger charge is 2.29. The summed E-state index contributed by atoms with van der Waals surface area (Å²) in [6, 6.07) is 4.12. The molecule has 0 aromatic carbocycles. The van der Waals surface area contributed by atoms with E-state index in [0.29, 0.717) is 5.41 Å². The highest BCUT2D eigenvalue weighted by Crippen LogP contribution is 2.39. The molecule has 112 valence electrons. The molecule has 0 radical (unpaired) electrons. The number of pyridine rings is 1. The van der Waals surface area contributed by atoms with Crippen LogP contribution in [0.25, 0.3) is 0 Å². The van der Waals surface area contributed by atoms with Gasteiger partial charge in [-0.3, -0.25) is 0 Å². The number of nitrogens with one attached hydrogen (secondary N) is 1. The van der Waals surface area contributed by atoms with E-state index in [2.05, 4.69) is 60.0 Å². The van der Waals surface area contributed by atoms with Crippen LogP contribution in [0.5, 0.6) is 0 Å². The maximum absolute atomic E-state index is 4.44. The number of aryl methyl sites for hydroxylation is 1. The Labute approximate surface area is 131 Å². The summed E-state index contributed by atoms with van der Waals surface area (Å²) in [6.07, 6.45) is 5.48. The Morgan fingerprint density at radius 1 is 1.20 bits per heavy atom. The molecule has 0 bridgehead atoms. The summed E-state index contributed by atoms with van der Waals surface area (Å²) in [6.45, 7) is 10.3. The lowest BCUT2D eigenvalue weighted by molar-refractivity contribution is 0.153. The van der Waals surface area contributed by atoms with E-state index in [1.807, 2.05) is 6.07 Å². The molecule has 0 amide bonds. The van der Waals surface area contributed by atoms with Gasteiger partial charge < -0.3 is 5.32 Å². The van der Waals surface area contributed by atoms with Crippen molar-refractivity contribution in [3.05, 3.63) is 22.4 Å². The van der Waals surface area contributed by atoms with Crippen molar-refractivity contribution < 1.29 is 0 Å². The van der Waals surface area contributed by atoms with Gasteiger partial charge in [0.1, 0.15) is 4.60 Å². The lowest BCUT2D eigenvalue weighted by atomic mass is 9.70. The van der Waals surface area contributed by atoms with Gasteiger partial charge in [-0.15, -0.1) is 0 Å². The molecule has 2 rings (SSSR count). The maximum atomic E-state index is 4.44. The molecule has 0 unspecified atom stereocenters. The average molecular weight is 339 g/mol. The van der Waals surface area contributed by atoms with Crippen molar-refractivity contribution in [3.8, 4) is 0 Å². The predicted molar refractivity (Wildman–Crippen MR) is 90.1 cm³/mol. The summed E-state index contributed by atoms with van der Waals surface area (Å²) in [4.78, 5) is 4.44. The van der Waals surface area contributed by atoms with Crippen LogP contribution in [-0.4, -0.2) is 11.5 Å². The fourth-order valence-corrected chi connectivity index (χ4v) is 3.60. The molecule has 1 aromatic rings. The topological polar surface area (TPSA) is 24.9 Å². The van der Waals surface area contributed by atoms with Crippen molar-refractivity contribution in [3.63, 3.8) is 0 Å². The zero-order valence-electron chi connectivity index (χ0n) is 13.2. The first-order valence-corrected chi connectivity index (χ1v) is 8.52. The number of hydrogen-bond acceptors (Lipinski definition) is 2. The van der Waals surface area contributed by atoms with Crippen LogP contribution in [0.4, 0.5) is 5.69 Å². The summed E-state index contributed by atoms with van der Waals surface area (Å²) in [7, 11) is 0. The molecular formula is C17H27BrN2. The SMILES string of the molecule is Cc1nc(Br)ccc1NCC1CCC(C(C)(C)C)CC1. The molecule has 3 heteroatoms. The number of nitrogens with zero attached hydrogens (tertiary/aromatic N) is 1. The molecule has 1 fully saturated rings. The van der Waals surface area contributed by atoms with Crippen molar-refractivity contribution in [2.75, 3.05) is 11.9 Å². The quantitative estimate of drug-likeness (QED) is 0.744. The standard InChI is InChI=1S/C17H27BrN2/c1-12-15(9-10-16(18)20-12)19-11-13-5-7-14(8-6-13)17(2,3)4/h9-10,13-14,19H,5-8,11H2,1-4H3. The Kier molecular flexibility index (Phi) is 5.11. The average Bonchev–Trinajstić information content (AvgIpc) is 2.37. The monoisotopic (exact) mass is 338 g/mol. The summed E-state index contributed by atoms with van der Waals surface area (Å²) in [5, 5.41) is 3.58. The van der Waals surface area contributed by atoms with Gasteiger partial charge >= 0.3 is 0 Å². The van der Waals surface area contributed by atoms with Gasteiger partial charge in [-0.2, -0.15) is 0 Å². The van der Waals surface area contributed by atoms with Crippen LogP contribution in [0.2, 0.25) is 0 Å². The molecule has 2 nitrogen and oxygen atoms in total. The highest BCUT2D eigenvalue weighted by atomic mass is 79.9. The zero-order chi connectivity index (χ0) is 14.8. The third kappa shape index (κ3) is 4.21. The normalized spacial score (nSPS) is 23.6. The van der Waals surface area contributed by atoms with E-state index >= 15 is 0 Å². The van der Waals surface area contributed by atoms with E-state index < -0.39 is 0 Å². The van der Waals surface area contributed by atoms with Gasteiger partial charge in [0.05, 0.1) is 11.4 Å². The number of anilines is 1. The van der Waals surface area contributed by atoms with Crippen molar-refractivity contribution in [2.24, 2.45) is 17.3 Å². The van der Waals surface area contributed by atoms with Gasteiger partial charge in [0.25, 0.3) is 0 Å². The second-order valence-corrected chi connectivity index (χ2v) is 8.04. The highest BCUT2D eigenvalue weighted by molar-refractivity contribution is 9.10. The minimum atomic E-state index is 0.477.